The molecule has 16 heavy (non-hydrogen) atoms. The summed E-state index contributed by atoms with van der Waals surface area (Å²) in [5.41, 5.74) is 0.222. The Morgan fingerprint density at radius 3 is 2.06 bits per heavy atom. The van der Waals surface area contributed by atoms with Crippen LogP contribution in [0.15, 0.2) is 16.6 Å². The molecule has 2 rings (SSSR count). The first-order valence-corrected chi connectivity index (χ1v) is 7.95. The predicted molar refractivity (Wildman–Crippen MR) is 70.9 cm³/mol. The predicted octanol–water partition coefficient (Wildman–Crippen LogP) is 4.99. The smallest absolute Gasteiger partial charge is 0.132 e. The topological polar surface area (TPSA) is 0 Å². The van der Waals surface area contributed by atoms with Crippen LogP contribution in [0.5, 0.6) is 0 Å². The van der Waals surface area contributed by atoms with Crippen molar-refractivity contribution in [3.05, 3.63) is 33.8 Å². The van der Waals surface area contributed by atoms with Crippen molar-refractivity contribution in [3.63, 3.8) is 0 Å². The average molecular weight is 325 g/mol. The fourth-order valence-corrected chi connectivity index (χ4v) is 4.90. The summed E-state index contributed by atoms with van der Waals surface area (Å²) in [7, 11) is 0. The molecule has 0 nitrogen and oxygen atoms in total. The number of hydrogen-bond donors (Lipinski definition) is 0. The molecule has 1 aliphatic heterocycles. The van der Waals surface area contributed by atoms with Gasteiger partial charge < -0.3 is 0 Å². The highest BCUT2D eigenvalue weighted by atomic mass is 79.9. The summed E-state index contributed by atoms with van der Waals surface area (Å²) in [6.07, 6.45) is 2.27. The fourth-order valence-electron chi connectivity index (χ4n) is 1.58. The molecule has 0 bridgehead atoms. The van der Waals surface area contributed by atoms with Crippen LogP contribution in [0.3, 0.4) is 0 Å². The van der Waals surface area contributed by atoms with Gasteiger partial charge in [-0.3, -0.25) is 0 Å². The first-order valence-electron chi connectivity index (χ1n) is 5.06. The Morgan fingerprint density at radius 1 is 1.06 bits per heavy atom. The lowest BCUT2D eigenvalue weighted by Gasteiger charge is -2.15. The van der Waals surface area contributed by atoms with Crippen molar-refractivity contribution in [2.75, 3.05) is 11.5 Å². The van der Waals surface area contributed by atoms with Crippen molar-refractivity contribution in [2.45, 2.75) is 17.4 Å². The van der Waals surface area contributed by atoms with Crippen LogP contribution in [0, 0.1) is 11.6 Å². The van der Waals surface area contributed by atoms with Gasteiger partial charge in [0.15, 0.2) is 0 Å². The molecule has 1 saturated heterocycles. The second-order valence-electron chi connectivity index (χ2n) is 3.56. The van der Waals surface area contributed by atoms with Gasteiger partial charge in [-0.15, -0.1) is 23.5 Å². The number of halogens is 3. The van der Waals surface area contributed by atoms with Crippen LogP contribution in [0.25, 0.3) is 0 Å². The van der Waals surface area contributed by atoms with Crippen molar-refractivity contribution >= 4 is 39.5 Å². The lowest BCUT2D eigenvalue weighted by atomic mass is 10.2. The summed E-state index contributed by atoms with van der Waals surface area (Å²) >= 11 is 6.37. The van der Waals surface area contributed by atoms with E-state index in [9.17, 15) is 8.78 Å². The Hall–Kier alpha value is 0.260. The molecule has 88 valence electrons. The maximum Gasteiger partial charge on any atom is 0.132 e. The van der Waals surface area contributed by atoms with Gasteiger partial charge in [0.05, 0.1) is 4.58 Å². The van der Waals surface area contributed by atoms with Crippen molar-refractivity contribution in [1.82, 2.24) is 0 Å². The van der Waals surface area contributed by atoms with Gasteiger partial charge in [-0.05, 0) is 36.5 Å². The molecule has 1 aromatic carbocycles. The Morgan fingerprint density at radius 2 is 1.56 bits per heavy atom. The van der Waals surface area contributed by atoms with Gasteiger partial charge in [-0.2, -0.15) is 0 Å². The Labute approximate surface area is 111 Å². The van der Waals surface area contributed by atoms with Gasteiger partial charge in [0, 0.05) is 10.0 Å². The lowest BCUT2D eigenvalue weighted by molar-refractivity contribution is 0.564. The van der Waals surface area contributed by atoms with Gasteiger partial charge in [0.1, 0.15) is 11.6 Å². The summed E-state index contributed by atoms with van der Waals surface area (Å²) in [5, 5.41) is 0. The van der Waals surface area contributed by atoms with E-state index in [1.54, 1.807) is 23.5 Å². The molecule has 1 heterocycles. The normalized spacial score (nSPS) is 18.4. The van der Waals surface area contributed by atoms with E-state index in [1.807, 2.05) is 0 Å². The molecule has 0 radical (unpaired) electrons. The SMILES string of the molecule is Fc1cc(Br)cc(F)c1C1SCCCCS1. The molecular weight excluding hydrogens is 314 g/mol. The van der Waals surface area contributed by atoms with E-state index >= 15 is 0 Å². The first-order chi connectivity index (χ1) is 7.68. The highest BCUT2D eigenvalue weighted by molar-refractivity contribution is 9.10. The maximum absolute atomic E-state index is 13.7. The molecule has 0 amide bonds. The summed E-state index contributed by atoms with van der Waals surface area (Å²) in [6.45, 7) is 0. The second-order valence-corrected chi connectivity index (χ2v) is 7.20. The summed E-state index contributed by atoms with van der Waals surface area (Å²) in [4.78, 5) is 0. The molecule has 0 spiro atoms. The van der Waals surface area contributed by atoms with E-state index in [4.69, 9.17) is 0 Å². The van der Waals surface area contributed by atoms with E-state index in [0.29, 0.717) is 4.47 Å². The quantitative estimate of drug-likeness (QED) is 0.714. The zero-order valence-corrected chi connectivity index (χ0v) is 11.7. The fraction of sp³-hybridized carbons (Fsp3) is 0.455. The van der Waals surface area contributed by atoms with Gasteiger partial charge in [-0.25, -0.2) is 8.78 Å². The molecule has 0 unspecified atom stereocenters. The van der Waals surface area contributed by atoms with Crippen molar-refractivity contribution in [2.24, 2.45) is 0 Å². The standard InChI is InChI=1S/C11H11BrF2S2/c12-7-5-8(13)10(9(14)6-7)11-15-3-1-2-4-16-11/h5-6,11H,1-4H2. The molecule has 0 atom stereocenters. The van der Waals surface area contributed by atoms with Crippen LogP contribution in [-0.4, -0.2) is 11.5 Å². The molecule has 5 heteroatoms. The van der Waals surface area contributed by atoms with Crippen LogP contribution in [-0.2, 0) is 0 Å². The van der Waals surface area contributed by atoms with Crippen LogP contribution in [0.2, 0.25) is 0 Å². The average Bonchev–Trinajstić information content (AvgIpc) is 2.44. The molecule has 0 saturated carbocycles. The zero-order chi connectivity index (χ0) is 11.5. The molecule has 0 aromatic heterocycles. The van der Waals surface area contributed by atoms with E-state index in [-0.39, 0.29) is 10.1 Å². The number of rotatable bonds is 1. The van der Waals surface area contributed by atoms with E-state index in [1.165, 1.54) is 12.1 Å². The van der Waals surface area contributed by atoms with Gasteiger partial charge in [0.2, 0.25) is 0 Å². The van der Waals surface area contributed by atoms with Crippen molar-refractivity contribution < 1.29 is 8.78 Å². The van der Waals surface area contributed by atoms with Gasteiger partial charge >= 0.3 is 0 Å². The third-order valence-corrected chi connectivity index (χ3v) is 5.76. The van der Waals surface area contributed by atoms with E-state index in [0.717, 1.165) is 24.3 Å². The molecule has 0 N–H and O–H groups in total. The third kappa shape index (κ3) is 2.93. The Balaban J connectivity index is 2.31. The summed E-state index contributed by atoms with van der Waals surface area (Å²) in [6, 6.07) is 2.68. The Bertz CT molecular complexity index is 353. The van der Waals surface area contributed by atoms with Crippen molar-refractivity contribution in [1.29, 1.82) is 0 Å². The highest BCUT2D eigenvalue weighted by Crippen LogP contribution is 2.44. The minimum Gasteiger partial charge on any atom is -0.206 e. The molecule has 1 fully saturated rings. The summed E-state index contributed by atoms with van der Waals surface area (Å²) in [5.74, 6) is 1.07. The molecular formula is C11H11BrF2S2. The highest BCUT2D eigenvalue weighted by Gasteiger charge is 2.23. The molecule has 1 aromatic rings. The van der Waals surface area contributed by atoms with Crippen LogP contribution in [0.4, 0.5) is 8.78 Å². The lowest BCUT2D eigenvalue weighted by Crippen LogP contribution is -1.99. The van der Waals surface area contributed by atoms with E-state index < -0.39 is 11.6 Å². The number of hydrogen-bond acceptors (Lipinski definition) is 2. The minimum absolute atomic E-state index is 0.101. The summed E-state index contributed by atoms with van der Waals surface area (Å²) < 4.78 is 27.8. The minimum atomic E-state index is -0.446. The Kier molecular flexibility index (Phi) is 4.56. The van der Waals surface area contributed by atoms with Gasteiger partial charge in [-0.1, -0.05) is 15.9 Å². The molecule has 1 aliphatic rings. The first kappa shape index (κ1) is 12.7. The monoisotopic (exact) mass is 324 g/mol. The van der Waals surface area contributed by atoms with Crippen molar-refractivity contribution in [3.8, 4) is 0 Å². The second kappa shape index (κ2) is 5.74. The maximum atomic E-state index is 13.7. The van der Waals surface area contributed by atoms with Crippen LogP contribution >= 0.6 is 39.5 Å². The van der Waals surface area contributed by atoms with E-state index in [2.05, 4.69) is 15.9 Å². The van der Waals surface area contributed by atoms with Crippen LogP contribution < -0.4 is 0 Å². The number of benzene rings is 1. The largest absolute Gasteiger partial charge is 0.206 e. The number of thioether (sulfide) groups is 2. The van der Waals surface area contributed by atoms with Crippen LogP contribution in [0.1, 0.15) is 23.0 Å². The third-order valence-electron chi connectivity index (χ3n) is 2.36. The molecule has 0 aliphatic carbocycles. The zero-order valence-electron chi connectivity index (χ0n) is 8.51. The van der Waals surface area contributed by atoms with Gasteiger partial charge in [0.25, 0.3) is 0 Å².